The summed E-state index contributed by atoms with van der Waals surface area (Å²) >= 11 is 0. The van der Waals surface area contributed by atoms with Gasteiger partial charge in [0.2, 0.25) is 0 Å². The monoisotopic (exact) mass is 261 g/mol. The molecule has 1 heterocycles. The molecule has 0 aliphatic carbocycles. The Bertz CT molecular complexity index is 474. The second-order valence-corrected chi connectivity index (χ2v) is 4.78. The Morgan fingerprint density at radius 1 is 1.37 bits per heavy atom. The number of rotatable bonds is 4. The van der Waals surface area contributed by atoms with E-state index in [0.717, 1.165) is 24.3 Å². The van der Waals surface area contributed by atoms with E-state index in [1.807, 2.05) is 30.0 Å². The minimum Gasteiger partial charge on any atom is -0.389 e. The molecule has 19 heavy (non-hydrogen) atoms. The number of β-amino-alcohol motifs (C(OH)–C–C–N with tert-alkyl or cyclic N) is 2. The molecule has 0 spiro atoms. The van der Waals surface area contributed by atoms with Crippen molar-refractivity contribution in [2.24, 2.45) is 0 Å². The van der Waals surface area contributed by atoms with E-state index in [4.69, 9.17) is 0 Å². The topological polar surface area (TPSA) is 79.5 Å². The summed E-state index contributed by atoms with van der Waals surface area (Å²) in [6, 6.07) is 7.90. The highest BCUT2D eigenvalue weighted by molar-refractivity contribution is 5.61. The lowest BCUT2D eigenvalue weighted by atomic mass is 10.1. The molecule has 1 aliphatic heterocycles. The summed E-state index contributed by atoms with van der Waals surface area (Å²) in [5, 5.41) is 31.6. The molecule has 5 nitrogen and oxygen atoms in total. The number of hydrogen-bond donors (Lipinski definition) is 3. The molecule has 3 N–H and O–H groups in total. The maximum atomic E-state index is 9.58. The smallest absolute Gasteiger partial charge is 0.101 e. The fraction of sp³-hybridized carbons (Fsp3) is 0.500. The van der Waals surface area contributed by atoms with Gasteiger partial charge in [0.05, 0.1) is 23.5 Å². The quantitative estimate of drug-likeness (QED) is 0.722. The summed E-state index contributed by atoms with van der Waals surface area (Å²) in [6.07, 6.45) is -1.49. The number of benzene rings is 1. The average Bonchev–Trinajstić information content (AvgIpc) is 2.75. The molecule has 1 saturated heterocycles. The number of nitrogens with one attached hydrogen (secondary N) is 1. The summed E-state index contributed by atoms with van der Waals surface area (Å²) < 4.78 is 0. The van der Waals surface area contributed by atoms with Crippen molar-refractivity contribution in [3.8, 4) is 6.07 Å². The van der Waals surface area contributed by atoms with Crippen LogP contribution in [-0.4, -0.2) is 42.1 Å². The number of aliphatic hydroxyl groups excluding tert-OH is 2. The standard InChI is InChI=1S/C14H19N3O2/c1-2-16-7-10-3-4-12(11(5-10)6-15)17-8-13(18)14(19)9-17/h3-5,13-14,16,18-19H,2,7-9H2,1H3. The Balaban J connectivity index is 2.20. The van der Waals surface area contributed by atoms with Crippen molar-refractivity contribution in [1.82, 2.24) is 5.32 Å². The SMILES string of the molecule is CCNCc1ccc(N2CC(O)C(O)C2)c(C#N)c1. The lowest BCUT2D eigenvalue weighted by Gasteiger charge is -2.19. The Morgan fingerprint density at radius 3 is 2.63 bits per heavy atom. The third kappa shape index (κ3) is 3.04. The van der Waals surface area contributed by atoms with E-state index in [9.17, 15) is 15.5 Å². The summed E-state index contributed by atoms with van der Waals surface area (Å²) in [7, 11) is 0. The molecular weight excluding hydrogens is 242 g/mol. The highest BCUT2D eigenvalue weighted by Gasteiger charge is 2.30. The summed E-state index contributed by atoms with van der Waals surface area (Å²) in [6.45, 7) is 4.38. The van der Waals surface area contributed by atoms with Crippen LogP contribution >= 0.6 is 0 Å². The number of nitrogens with zero attached hydrogens (tertiary/aromatic N) is 2. The van der Waals surface area contributed by atoms with E-state index in [2.05, 4.69) is 11.4 Å². The van der Waals surface area contributed by atoms with Crippen LogP contribution in [0.25, 0.3) is 0 Å². The second-order valence-electron chi connectivity index (χ2n) is 4.78. The summed E-state index contributed by atoms with van der Waals surface area (Å²) in [5.41, 5.74) is 2.41. The molecule has 1 fully saturated rings. The van der Waals surface area contributed by atoms with Gasteiger partial charge in [0.25, 0.3) is 0 Å². The van der Waals surface area contributed by atoms with Crippen LogP contribution in [0, 0.1) is 11.3 Å². The molecule has 5 heteroatoms. The van der Waals surface area contributed by atoms with Crippen LogP contribution in [0.1, 0.15) is 18.1 Å². The number of anilines is 1. The van der Waals surface area contributed by atoms with Gasteiger partial charge in [0.15, 0.2) is 0 Å². The molecule has 0 bridgehead atoms. The fourth-order valence-corrected chi connectivity index (χ4v) is 2.29. The van der Waals surface area contributed by atoms with Gasteiger partial charge in [-0.05, 0) is 24.2 Å². The Labute approximate surface area is 113 Å². The van der Waals surface area contributed by atoms with Gasteiger partial charge in [-0.3, -0.25) is 0 Å². The van der Waals surface area contributed by atoms with Gasteiger partial charge < -0.3 is 20.4 Å². The van der Waals surface area contributed by atoms with Gasteiger partial charge in [-0.1, -0.05) is 13.0 Å². The van der Waals surface area contributed by atoms with Crippen molar-refractivity contribution < 1.29 is 10.2 Å². The van der Waals surface area contributed by atoms with Crippen LogP contribution in [0.2, 0.25) is 0 Å². The zero-order valence-corrected chi connectivity index (χ0v) is 11.0. The molecular formula is C14H19N3O2. The third-order valence-corrected chi connectivity index (χ3v) is 3.36. The number of hydrogen-bond acceptors (Lipinski definition) is 5. The molecule has 0 amide bonds. The van der Waals surface area contributed by atoms with Gasteiger partial charge in [0, 0.05) is 19.6 Å². The molecule has 102 valence electrons. The van der Waals surface area contributed by atoms with Crippen molar-refractivity contribution in [3.63, 3.8) is 0 Å². The van der Waals surface area contributed by atoms with Crippen LogP contribution in [-0.2, 0) is 6.54 Å². The molecule has 2 atom stereocenters. The highest BCUT2D eigenvalue weighted by Crippen LogP contribution is 2.25. The lowest BCUT2D eigenvalue weighted by molar-refractivity contribution is 0.0572. The predicted molar refractivity (Wildman–Crippen MR) is 72.8 cm³/mol. The first-order valence-electron chi connectivity index (χ1n) is 6.50. The zero-order chi connectivity index (χ0) is 13.8. The van der Waals surface area contributed by atoms with Crippen LogP contribution < -0.4 is 10.2 Å². The largest absolute Gasteiger partial charge is 0.389 e. The molecule has 1 aliphatic rings. The van der Waals surface area contributed by atoms with E-state index in [1.165, 1.54) is 0 Å². The first-order valence-corrected chi connectivity index (χ1v) is 6.50. The first kappa shape index (κ1) is 13.8. The number of aliphatic hydroxyl groups is 2. The fourth-order valence-electron chi connectivity index (χ4n) is 2.29. The molecule has 0 radical (unpaired) electrons. The van der Waals surface area contributed by atoms with Crippen LogP contribution in [0.4, 0.5) is 5.69 Å². The average molecular weight is 261 g/mol. The second kappa shape index (κ2) is 6.02. The molecule has 1 aromatic carbocycles. The maximum Gasteiger partial charge on any atom is 0.101 e. The minimum atomic E-state index is -0.743. The minimum absolute atomic E-state index is 0.363. The molecule has 2 rings (SSSR count). The molecule has 2 unspecified atom stereocenters. The van der Waals surface area contributed by atoms with Crippen LogP contribution in [0.5, 0.6) is 0 Å². The van der Waals surface area contributed by atoms with E-state index >= 15 is 0 Å². The Kier molecular flexibility index (Phi) is 4.38. The summed E-state index contributed by atoms with van der Waals surface area (Å²) in [4.78, 5) is 1.85. The molecule has 0 aromatic heterocycles. The van der Waals surface area contributed by atoms with E-state index in [-0.39, 0.29) is 0 Å². The van der Waals surface area contributed by atoms with Crippen molar-refractivity contribution in [3.05, 3.63) is 29.3 Å². The van der Waals surface area contributed by atoms with E-state index in [0.29, 0.717) is 18.7 Å². The first-order chi connectivity index (χ1) is 9.15. The highest BCUT2D eigenvalue weighted by atomic mass is 16.3. The third-order valence-electron chi connectivity index (χ3n) is 3.36. The normalized spacial score (nSPS) is 22.5. The van der Waals surface area contributed by atoms with Crippen molar-refractivity contribution in [1.29, 1.82) is 5.26 Å². The van der Waals surface area contributed by atoms with E-state index < -0.39 is 12.2 Å². The Morgan fingerprint density at radius 2 is 2.05 bits per heavy atom. The van der Waals surface area contributed by atoms with Gasteiger partial charge in [-0.2, -0.15) is 5.26 Å². The Hall–Kier alpha value is -1.61. The van der Waals surface area contributed by atoms with Gasteiger partial charge in [-0.25, -0.2) is 0 Å². The molecule has 1 aromatic rings. The number of nitriles is 1. The predicted octanol–water partition coefficient (Wildman–Crippen LogP) is 0.210. The van der Waals surface area contributed by atoms with Crippen molar-refractivity contribution in [2.45, 2.75) is 25.7 Å². The van der Waals surface area contributed by atoms with Gasteiger partial charge in [-0.15, -0.1) is 0 Å². The maximum absolute atomic E-state index is 9.58. The zero-order valence-electron chi connectivity index (χ0n) is 11.0. The van der Waals surface area contributed by atoms with Crippen LogP contribution in [0.3, 0.4) is 0 Å². The van der Waals surface area contributed by atoms with Gasteiger partial charge in [0.1, 0.15) is 6.07 Å². The summed E-state index contributed by atoms with van der Waals surface area (Å²) in [5.74, 6) is 0. The van der Waals surface area contributed by atoms with E-state index in [1.54, 1.807) is 0 Å². The van der Waals surface area contributed by atoms with Crippen molar-refractivity contribution in [2.75, 3.05) is 24.5 Å². The van der Waals surface area contributed by atoms with Crippen molar-refractivity contribution >= 4 is 5.69 Å². The lowest BCUT2D eigenvalue weighted by Crippen LogP contribution is -2.22. The molecule has 0 saturated carbocycles. The van der Waals surface area contributed by atoms with Gasteiger partial charge >= 0.3 is 0 Å². The van der Waals surface area contributed by atoms with Crippen LogP contribution in [0.15, 0.2) is 18.2 Å².